The smallest absolute Gasteiger partial charge is 0.272 e. The number of nitrogens with zero attached hydrogens (tertiary/aromatic N) is 2. The predicted molar refractivity (Wildman–Crippen MR) is 75.5 cm³/mol. The first-order valence-electron chi connectivity index (χ1n) is 4.56. The topological polar surface area (TPSA) is 90.0 Å². The van der Waals surface area contributed by atoms with Crippen molar-refractivity contribution in [2.24, 2.45) is 7.05 Å². The van der Waals surface area contributed by atoms with Crippen LogP contribution in [0.4, 0.5) is 11.5 Å². The minimum atomic E-state index is -3.72. The number of halogens is 2. The second-order valence-electron chi connectivity index (χ2n) is 3.36. The van der Waals surface area contributed by atoms with Crippen LogP contribution in [0, 0.1) is 0 Å². The van der Waals surface area contributed by atoms with Crippen LogP contribution in [0.1, 0.15) is 0 Å². The van der Waals surface area contributed by atoms with E-state index in [0.717, 1.165) is 11.3 Å². The van der Waals surface area contributed by atoms with Gasteiger partial charge in [0.15, 0.2) is 5.82 Å². The standard InChI is InChI=1S/C8H8BrClN4O2S2/c1-14-8(5(11)3-12-14)13-18(15,16)6-2-4(10)7(9)17-6/h2-3,13H,11H2,1H3. The van der Waals surface area contributed by atoms with Crippen molar-refractivity contribution in [1.29, 1.82) is 0 Å². The van der Waals surface area contributed by atoms with Crippen molar-refractivity contribution < 1.29 is 8.42 Å². The lowest BCUT2D eigenvalue weighted by Gasteiger charge is -2.06. The van der Waals surface area contributed by atoms with Gasteiger partial charge in [-0.25, -0.2) is 8.42 Å². The maximum Gasteiger partial charge on any atom is 0.272 e. The number of aromatic nitrogens is 2. The number of nitrogens with two attached hydrogens (primary N) is 1. The number of nitrogen functional groups attached to an aromatic ring is 1. The Morgan fingerprint density at radius 2 is 2.28 bits per heavy atom. The Hall–Kier alpha value is -0.770. The first-order valence-corrected chi connectivity index (χ1v) is 8.03. The molecule has 0 bridgehead atoms. The summed E-state index contributed by atoms with van der Waals surface area (Å²) in [7, 11) is -2.13. The molecule has 0 radical (unpaired) electrons. The van der Waals surface area contributed by atoms with E-state index < -0.39 is 10.0 Å². The Morgan fingerprint density at radius 3 is 2.72 bits per heavy atom. The Morgan fingerprint density at radius 1 is 1.61 bits per heavy atom. The Kier molecular flexibility index (Phi) is 3.58. The second kappa shape index (κ2) is 4.72. The molecule has 2 aromatic rings. The summed E-state index contributed by atoms with van der Waals surface area (Å²) in [4.78, 5) is 0. The number of thiophene rings is 1. The molecule has 6 nitrogen and oxygen atoms in total. The van der Waals surface area contributed by atoms with Crippen LogP contribution in [0.2, 0.25) is 5.02 Å². The Balaban J connectivity index is 2.39. The van der Waals surface area contributed by atoms with Crippen molar-refractivity contribution in [3.63, 3.8) is 0 Å². The summed E-state index contributed by atoms with van der Waals surface area (Å²) < 4.78 is 28.6. The minimum absolute atomic E-state index is 0.0972. The van der Waals surface area contributed by atoms with Crippen molar-refractivity contribution in [3.05, 3.63) is 21.1 Å². The third-order valence-corrected chi connectivity index (χ3v) is 6.37. The number of anilines is 2. The molecule has 0 unspecified atom stereocenters. The molecule has 2 rings (SSSR count). The van der Waals surface area contributed by atoms with Crippen LogP contribution in [0.3, 0.4) is 0 Å². The zero-order valence-electron chi connectivity index (χ0n) is 9.02. The van der Waals surface area contributed by atoms with E-state index in [1.54, 1.807) is 7.05 Å². The summed E-state index contributed by atoms with van der Waals surface area (Å²) in [6.45, 7) is 0. The highest BCUT2D eigenvalue weighted by atomic mass is 79.9. The number of hydrogen-bond acceptors (Lipinski definition) is 5. The van der Waals surface area contributed by atoms with E-state index in [1.807, 2.05) is 0 Å². The molecule has 98 valence electrons. The summed E-state index contributed by atoms with van der Waals surface area (Å²) in [6.07, 6.45) is 1.37. The monoisotopic (exact) mass is 370 g/mol. The fourth-order valence-electron chi connectivity index (χ4n) is 1.22. The average molecular weight is 372 g/mol. The van der Waals surface area contributed by atoms with Gasteiger partial charge in [-0.1, -0.05) is 11.6 Å². The third kappa shape index (κ3) is 2.48. The first-order chi connectivity index (χ1) is 8.31. The number of hydrogen-bond donors (Lipinski definition) is 2. The van der Waals surface area contributed by atoms with Crippen LogP contribution in [0.25, 0.3) is 0 Å². The molecule has 0 fully saturated rings. The van der Waals surface area contributed by atoms with Gasteiger partial charge in [0.1, 0.15) is 4.21 Å². The molecule has 0 atom stereocenters. The van der Waals surface area contributed by atoms with E-state index >= 15 is 0 Å². The third-order valence-electron chi connectivity index (χ3n) is 2.09. The zero-order chi connectivity index (χ0) is 13.5. The van der Waals surface area contributed by atoms with E-state index in [4.69, 9.17) is 17.3 Å². The molecule has 0 aliphatic heterocycles. The van der Waals surface area contributed by atoms with Crippen molar-refractivity contribution >= 4 is 60.4 Å². The number of aryl methyl sites for hydroxylation is 1. The highest BCUT2D eigenvalue weighted by Gasteiger charge is 2.21. The molecule has 18 heavy (non-hydrogen) atoms. The molecule has 3 N–H and O–H groups in total. The molecule has 2 aromatic heterocycles. The molecule has 0 saturated carbocycles. The summed E-state index contributed by atoms with van der Waals surface area (Å²) in [5, 5.41) is 4.20. The van der Waals surface area contributed by atoms with Crippen molar-refractivity contribution in [2.75, 3.05) is 10.5 Å². The van der Waals surface area contributed by atoms with Gasteiger partial charge in [0.25, 0.3) is 10.0 Å². The number of rotatable bonds is 3. The minimum Gasteiger partial charge on any atom is -0.394 e. The van der Waals surface area contributed by atoms with E-state index in [-0.39, 0.29) is 15.7 Å². The van der Waals surface area contributed by atoms with E-state index in [0.29, 0.717) is 8.81 Å². The fourth-order valence-corrected chi connectivity index (χ4v) is 4.73. The van der Waals surface area contributed by atoms with Gasteiger partial charge < -0.3 is 5.73 Å². The van der Waals surface area contributed by atoms with Crippen LogP contribution in [-0.2, 0) is 17.1 Å². The van der Waals surface area contributed by atoms with Crippen LogP contribution >= 0.6 is 38.9 Å². The summed E-state index contributed by atoms with van der Waals surface area (Å²) in [5.74, 6) is 0.218. The number of nitrogens with one attached hydrogen (secondary N) is 1. The predicted octanol–water partition coefficient (Wildman–Crippen LogP) is 2.28. The maximum atomic E-state index is 12.1. The molecule has 0 spiro atoms. The molecular formula is C8H8BrClN4O2S2. The van der Waals surface area contributed by atoms with Crippen molar-refractivity contribution in [3.8, 4) is 0 Å². The van der Waals surface area contributed by atoms with E-state index in [1.165, 1.54) is 16.9 Å². The molecule has 10 heteroatoms. The highest BCUT2D eigenvalue weighted by Crippen LogP contribution is 2.35. The van der Waals surface area contributed by atoms with Crippen molar-refractivity contribution in [2.45, 2.75) is 4.21 Å². The lowest BCUT2D eigenvalue weighted by atomic mass is 10.5. The normalized spacial score (nSPS) is 11.7. The average Bonchev–Trinajstić information content (AvgIpc) is 2.77. The van der Waals surface area contributed by atoms with Crippen LogP contribution in [0.15, 0.2) is 20.3 Å². The van der Waals surface area contributed by atoms with Crippen LogP contribution in [-0.4, -0.2) is 18.2 Å². The zero-order valence-corrected chi connectivity index (χ0v) is 13.0. The summed E-state index contributed by atoms with van der Waals surface area (Å²) >= 11 is 10.00. The largest absolute Gasteiger partial charge is 0.394 e. The van der Waals surface area contributed by atoms with Crippen molar-refractivity contribution in [1.82, 2.24) is 9.78 Å². The van der Waals surface area contributed by atoms with E-state index in [9.17, 15) is 8.42 Å². The van der Waals surface area contributed by atoms with Gasteiger partial charge in [-0.15, -0.1) is 11.3 Å². The molecular weight excluding hydrogens is 364 g/mol. The Labute approximate surface area is 121 Å². The van der Waals surface area contributed by atoms with Gasteiger partial charge in [0.05, 0.1) is 20.7 Å². The molecule has 0 saturated heterocycles. The van der Waals surface area contributed by atoms with Gasteiger partial charge in [-0.2, -0.15) is 5.10 Å². The quantitative estimate of drug-likeness (QED) is 0.866. The van der Waals surface area contributed by atoms with Crippen LogP contribution < -0.4 is 10.5 Å². The Bertz CT molecular complexity index is 655. The number of sulfonamides is 1. The summed E-state index contributed by atoms with van der Waals surface area (Å²) in [5.41, 5.74) is 5.87. The van der Waals surface area contributed by atoms with Gasteiger partial charge in [-0.3, -0.25) is 9.40 Å². The van der Waals surface area contributed by atoms with Gasteiger partial charge in [-0.05, 0) is 22.0 Å². The van der Waals surface area contributed by atoms with Crippen LogP contribution in [0.5, 0.6) is 0 Å². The lowest BCUT2D eigenvalue weighted by molar-refractivity contribution is 0.602. The fraction of sp³-hybridized carbons (Fsp3) is 0.125. The second-order valence-corrected chi connectivity index (χ2v) is 8.05. The molecule has 0 aliphatic rings. The van der Waals surface area contributed by atoms with Gasteiger partial charge in [0.2, 0.25) is 0 Å². The SMILES string of the molecule is Cn1ncc(N)c1NS(=O)(=O)c1cc(Cl)c(Br)s1. The first kappa shape index (κ1) is 13.7. The highest BCUT2D eigenvalue weighted by molar-refractivity contribution is 9.11. The summed E-state index contributed by atoms with van der Waals surface area (Å²) in [6, 6.07) is 1.37. The molecule has 0 aromatic carbocycles. The van der Waals surface area contributed by atoms with Gasteiger partial charge >= 0.3 is 0 Å². The van der Waals surface area contributed by atoms with Gasteiger partial charge in [0, 0.05) is 7.05 Å². The lowest BCUT2D eigenvalue weighted by Crippen LogP contribution is -2.15. The molecule has 2 heterocycles. The molecule has 0 amide bonds. The maximum absolute atomic E-state index is 12.1. The van der Waals surface area contributed by atoms with E-state index in [2.05, 4.69) is 25.8 Å². The molecule has 0 aliphatic carbocycles.